The summed E-state index contributed by atoms with van der Waals surface area (Å²) in [5.74, 6) is 0. The van der Waals surface area contributed by atoms with E-state index < -0.39 is 18.3 Å². The zero-order chi connectivity index (χ0) is 15.0. The number of nitrogens with zero attached hydrogens (tertiary/aromatic N) is 2. The molecule has 0 spiro atoms. The first-order valence-corrected chi connectivity index (χ1v) is 6.77. The maximum Gasteiger partial charge on any atom is 0.492 e. The number of aliphatic hydroxyl groups is 1. The standard InChI is InChI=1S/C13H18BClN2O3/c1-12(2)13(3,4)20-14(19-12)10(8-18)5-9-6-16-11(15)17-7-9/h5-7,18H,8H2,1-4H3. The maximum atomic E-state index is 9.55. The average molecular weight is 297 g/mol. The third-order valence-electron chi connectivity index (χ3n) is 3.73. The SMILES string of the molecule is CC1(C)OB(C(=Cc2cnc(Cl)nc2)CO)OC1(C)C. The van der Waals surface area contributed by atoms with E-state index in [1.54, 1.807) is 18.5 Å². The van der Waals surface area contributed by atoms with Gasteiger partial charge in [-0.1, -0.05) is 6.08 Å². The van der Waals surface area contributed by atoms with E-state index in [4.69, 9.17) is 20.9 Å². The second-order valence-electron chi connectivity index (χ2n) is 5.75. The summed E-state index contributed by atoms with van der Waals surface area (Å²) < 4.78 is 11.8. The van der Waals surface area contributed by atoms with Crippen molar-refractivity contribution in [1.29, 1.82) is 0 Å². The molecule has 0 bridgehead atoms. The Morgan fingerprint density at radius 2 is 1.75 bits per heavy atom. The average Bonchev–Trinajstić information content (AvgIpc) is 2.57. The summed E-state index contributed by atoms with van der Waals surface area (Å²) in [6.07, 6.45) is 4.91. The van der Waals surface area contributed by atoms with Gasteiger partial charge >= 0.3 is 7.12 Å². The first kappa shape index (κ1) is 15.4. The number of hydrogen-bond acceptors (Lipinski definition) is 5. The largest absolute Gasteiger partial charge is 0.492 e. The third-order valence-corrected chi connectivity index (χ3v) is 3.93. The first-order valence-electron chi connectivity index (χ1n) is 6.40. The third kappa shape index (κ3) is 3.04. The Morgan fingerprint density at radius 3 is 2.20 bits per heavy atom. The van der Waals surface area contributed by atoms with Gasteiger partial charge < -0.3 is 14.4 Å². The zero-order valence-corrected chi connectivity index (χ0v) is 12.8. The summed E-state index contributed by atoms with van der Waals surface area (Å²) in [6, 6.07) is 0. The van der Waals surface area contributed by atoms with Crippen molar-refractivity contribution in [3.05, 3.63) is 28.7 Å². The number of rotatable bonds is 3. The van der Waals surface area contributed by atoms with Crippen LogP contribution in [0, 0.1) is 0 Å². The van der Waals surface area contributed by atoms with Gasteiger partial charge in [0, 0.05) is 18.0 Å². The molecule has 1 aromatic heterocycles. The van der Waals surface area contributed by atoms with Crippen LogP contribution in [-0.2, 0) is 9.31 Å². The molecular weight excluding hydrogens is 278 g/mol. The monoisotopic (exact) mass is 296 g/mol. The van der Waals surface area contributed by atoms with Gasteiger partial charge in [0.05, 0.1) is 17.8 Å². The van der Waals surface area contributed by atoms with Crippen molar-refractivity contribution in [2.24, 2.45) is 0 Å². The molecule has 0 aromatic carbocycles. The molecule has 1 fully saturated rings. The molecule has 0 saturated carbocycles. The number of hydrogen-bond donors (Lipinski definition) is 1. The van der Waals surface area contributed by atoms with Gasteiger partial charge in [-0.05, 0) is 44.8 Å². The van der Waals surface area contributed by atoms with Crippen molar-refractivity contribution in [3.8, 4) is 0 Å². The van der Waals surface area contributed by atoms with E-state index in [9.17, 15) is 5.11 Å². The lowest BCUT2D eigenvalue weighted by atomic mass is 9.78. The molecule has 108 valence electrons. The summed E-state index contributed by atoms with van der Waals surface area (Å²) in [5, 5.41) is 9.73. The van der Waals surface area contributed by atoms with Crippen LogP contribution in [0.3, 0.4) is 0 Å². The zero-order valence-electron chi connectivity index (χ0n) is 12.1. The van der Waals surface area contributed by atoms with E-state index in [-0.39, 0.29) is 11.9 Å². The highest BCUT2D eigenvalue weighted by Gasteiger charge is 2.52. The van der Waals surface area contributed by atoms with Crippen LogP contribution in [0.1, 0.15) is 33.3 Å². The lowest BCUT2D eigenvalue weighted by Crippen LogP contribution is -2.41. The Kier molecular flexibility index (Phi) is 4.20. The van der Waals surface area contributed by atoms with Crippen LogP contribution in [0.25, 0.3) is 6.08 Å². The Hall–Kier alpha value is -0.945. The highest BCUT2D eigenvalue weighted by atomic mass is 35.5. The quantitative estimate of drug-likeness (QED) is 0.684. The molecule has 20 heavy (non-hydrogen) atoms. The van der Waals surface area contributed by atoms with Gasteiger partial charge in [-0.2, -0.15) is 0 Å². The fourth-order valence-electron chi connectivity index (χ4n) is 1.79. The molecule has 0 amide bonds. The van der Waals surface area contributed by atoms with Crippen molar-refractivity contribution >= 4 is 24.8 Å². The molecule has 2 heterocycles. The molecule has 5 nitrogen and oxygen atoms in total. The number of aromatic nitrogens is 2. The molecular formula is C13H18BClN2O3. The van der Waals surface area contributed by atoms with E-state index in [0.717, 1.165) is 5.56 Å². The van der Waals surface area contributed by atoms with E-state index in [1.807, 2.05) is 27.7 Å². The van der Waals surface area contributed by atoms with Gasteiger partial charge in [-0.25, -0.2) is 9.97 Å². The summed E-state index contributed by atoms with van der Waals surface area (Å²) >= 11 is 5.64. The summed E-state index contributed by atoms with van der Waals surface area (Å²) in [4.78, 5) is 7.79. The highest BCUT2D eigenvalue weighted by Crippen LogP contribution is 2.38. The lowest BCUT2D eigenvalue weighted by Gasteiger charge is -2.32. The van der Waals surface area contributed by atoms with Crippen LogP contribution in [-0.4, -0.2) is 40.0 Å². The Bertz CT molecular complexity index is 501. The minimum absolute atomic E-state index is 0.167. The molecule has 0 unspecified atom stereocenters. The second kappa shape index (κ2) is 5.45. The predicted molar refractivity (Wildman–Crippen MR) is 78.2 cm³/mol. The van der Waals surface area contributed by atoms with Crippen LogP contribution in [0.5, 0.6) is 0 Å². The second-order valence-corrected chi connectivity index (χ2v) is 6.09. The maximum absolute atomic E-state index is 9.55. The lowest BCUT2D eigenvalue weighted by molar-refractivity contribution is 0.00578. The molecule has 1 aliphatic rings. The van der Waals surface area contributed by atoms with Crippen molar-refractivity contribution in [2.75, 3.05) is 6.61 Å². The van der Waals surface area contributed by atoms with Gasteiger partial charge in [0.1, 0.15) is 0 Å². The molecule has 7 heteroatoms. The van der Waals surface area contributed by atoms with E-state index in [2.05, 4.69) is 9.97 Å². The Morgan fingerprint density at radius 1 is 1.25 bits per heavy atom. The molecule has 1 aromatic rings. The van der Waals surface area contributed by atoms with E-state index in [1.165, 1.54) is 0 Å². The fourth-order valence-corrected chi connectivity index (χ4v) is 1.89. The van der Waals surface area contributed by atoms with Gasteiger partial charge in [-0.3, -0.25) is 0 Å². The Labute approximate surface area is 124 Å². The van der Waals surface area contributed by atoms with Crippen LogP contribution >= 0.6 is 11.6 Å². The summed E-state index contributed by atoms with van der Waals surface area (Å²) in [6.45, 7) is 7.70. The normalized spacial score (nSPS) is 21.3. The minimum atomic E-state index is -0.583. The van der Waals surface area contributed by atoms with Crippen LogP contribution < -0.4 is 0 Å². The number of aliphatic hydroxyl groups excluding tert-OH is 1. The van der Waals surface area contributed by atoms with Gasteiger partial charge in [0.2, 0.25) is 5.28 Å². The smallest absolute Gasteiger partial charge is 0.400 e. The van der Waals surface area contributed by atoms with Gasteiger partial charge in [0.15, 0.2) is 0 Å². The van der Waals surface area contributed by atoms with Crippen LogP contribution in [0.15, 0.2) is 17.9 Å². The first-order chi connectivity index (χ1) is 9.25. The predicted octanol–water partition coefficient (Wildman–Crippen LogP) is 2.14. The van der Waals surface area contributed by atoms with Crippen molar-refractivity contribution < 1.29 is 14.4 Å². The Balaban J connectivity index is 2.24. The van der Waals surface area contributed by atoms with Crippen LogP contribution in [0.2, 0.25) is 5.28 Å². The highest BCUT2D eigenvalue weighted by molar-refractivity contribution is 6.55. The fraction of sp³-hybridized carbons (Fsp3) is 0.538. The molecule has 0 radical (unpaired) electrons. The topological polar surface area (TPSA) is 64.5 Å². The van der Waals surface area contributed by atoms with Gasteiger partial charge in [0.25, 0.3) is 0 Å². The minimum Gasteiger partial charge on any atom is -0.400 e. The molecule has 0 atom stereocenters. The summed E-state index contributed by atoms with van der Waals surface area (Å²) in [5.41, 5.74) is 0.466. The van der Waals surface area contributed by atoms with Crippen LogP contribution in [0.4, 0.5) is 0 Å². The molecule has 0 aliphatic carbocycles. The summed E-state index contributed by atoms with van der Waals surface area (Å²) in [7, 11) is -0.583. The molecule has 1 saturated heterocycles. The molecule has 2 rings (SSSR count). The number of halogens is 1. The van der Waals surface area contributed by atoms with Gasteiger partial charge in [-0.15, -0.1) is 0 Å². The van der Waals surface area contributed by atoms with E-state index >= 15 is 0 Å². The van der Waals surface area contributed by atoms with Crippen molar-refractivity contribution in [3.63, 3.8) is 0 Å². The van der Waals surface area contributed by atoms with Crippen molar-refractivity contribution in [2.45, 2.75) is 38.9 Å². The van der Waals surface area contributed by atoms with Crippen molar-refractivity contribution in [1.82, 2.24) is 9.97 Å². The van der Waals surface area contributed by atoms with E-state index in [0.29, 0.717) is 5.47 Å². The molecule has 1 aliphatic heterocycles. The molecule has 1 N–H and O–H groups in total.